The van der Waals surface area contributed by atoms with Crippen molar-refractivity contribution in [2.75, 3.05) is 19.9 Å². The van der Waals surface area contributed by atoms with Gasteiger partial charge in [0.05, 0.1) is 17.7 Å². The number of methoxy groups -OCH3 is 1. The van der Waals surface area contributed by atoms with Crippen LogP contribution in [0.25, 0.3) is 0 Å². The molecule has 0 saturated carbocycles. The molecule has 6 heteroatoms. The lowest BCUT2D eigenvalue weighted by Crippen LogP contribution is -2.26. The predicted molar refractivity (Wildman–Crippen MR) is 82.5 cm³/mol. The second kappa shape index (κ2) is 6.45. The molecule has 1 amide bonds. The highest BCUT2D eigenvalue weighted by Gasteiger charge is 2.16. The third-order valence-electron chi connectivity index (χ3n) is 3.03. The number of nitrogens with zero attached hydrogens (tertiary/aromatic N) is 2. The lowest BCUT2D eigenvalue weighted by molar-refractivity contribution is 0.0785. The summed E-state index contributed by atoms with van der Waals surface area (Å²) >= 11 is 6.00. The number of nitrogens with two attached hydrogens (primary N) is 1. The monoisotopic (exact) mass is 305 g/mol. The first-order chi connectivity index (χ1) is 10.0. The molecule has 0 aliphatic carbocycles. The molecule has 21 heavy (non-hydrogen) atoms. The Balaban J connectivity index is 2.13. The van der Waals surface area contributed by atoms with Gasteiger partial charge in [0.2, 0.25) is 0 Å². The van der Waals surface area contributed by atoms with E-state index in [2.05, 4.69) is 4.98 Å². The molecule has 2 aromatic rings. The molecular weight excluding hydrogens is 290 g/mol. The molecule has 0 aliphatic rings. The average Bonchev–Trinajstić information content (AvgIpc) is 2.49. The number of halogens is 1. The Bertz CT molecular complexity index is 644. The lowest BCUT2D eigenvalue weighted by atomic mass is 10.2. The zero-order valence-corrected chi connectivity index (χ0v) is 12.6. The van der Waals surface area contributed by atoms with E-state index in [0.29, 0.717) is 12.1 Å². The van der Waals surface area contributed by atoms with Gasteiger partial charge in [0.15, 0.2) is 0 Å². The summed E-state index contributed by atoms with van der Waals surface area (Å²) in [7, 11) is 3.32. The highest BCUT2D eigenvalue weighted by Crippen LogP contribution is 2.19. The Morgan fingerprint density at radius 3 is 2.67 bits per heavy atom. The highest BCUT2D eigenvalue weighted by atomic mass is 35.5. The van der Waals surface area contributed by atoms with Crippen LogP contribution in [0.1, 0.15) is 15.9 Å². The fourth-order valence-electron chi connectivity index (χ4n) is 1.90. The van der Waals surface area contributed by atoms with Crippen LogP contribution in [-0.2, 0) is 6.54 Å². The zero-order chi connectivity index (χ0) is 15.4. The van der Waals surface area contributed by atoms with Gasteiger partial charge in [-0.05, 0) is 23.8 Å². The molecule has 0 atom stereocenters. The first kappa shape index (κ1) is 15.1. The molecule has 2 N–H and O–H groups in total. The summed E-state index contributed by atoms with van der Waals surface area (Å²) in [5.74, 6) is 0.836. The Morgan fingerprint density at radius 2 is 2.05 bits per heavy atom. The van der Waals surface area contributed by atoms with Crippen LogP contribution >= 0.6 is 11.6 Å². The third-order valence-corrected chi connectivity index (χ3v) is 3.33. The van der Waals surface area contributed by atoms with E-state index in [-0.39, 0.29) is 16.7 Å². The van der Waals surface area contributed by atoms with E-state index < -0.39 is 0 Å². The van der Waals surface area contributed by atoms with Crippen molar-refractivity contribution in [2.45, 2.75) is 6.54 Å². The molecule has 1 aromatic heterocycles. The summed E-state index contributed by atoms with van der Waals surface area (Å²) in [6.45, 7) is 0.460. The minimum absolute atomic E-state index is 0.204. The van der Waals surface area contributed by atoms with Gasteiger partial charge < -0.3 is 15.4 Å². The predicted octanol–water partition coefficient (Wildman–Crippen LogP) is 2.60. The number of amides is 1. The molecule has 5 nitrogen and oxygen atoms in total. The maximum atomic E-state index is 12.4. The number of anilines is 1. The molecule has 0 unspecified atom stereocenters. The SMILES string of the molecule is COc1ccc(CN(C)C(=O)c2cc(N)ncc2Cl)cc1. The maximum Gasteiger partial charge on any atom is 0.255 e. The fourth-order valence-corrected chi connectivity index (χ4v) is 2.09. The van der Waals surface area contributed by atoms with E-state index >= 15 is 0 Å². The standard InChI is InChI=1S/C15H16ClN3O2/c1-19(9-10-3-5-11(21-2)6-4-10)15(20)12-7-14(17)18-8-13(12)16/h3-8H,9H2,1-2H3,(H2,17,18). The van der Waals surface area contributed by atoms with Crippen LogP contribution in [0.15, 0.2) is 36.5 Å². The quantitative estimate of drug-likeness (QED) is 0.942. The van der Waals surface area contributed by atoms with Gasteiger partial charge in [0.25, 0.3) is 5.91 Å². The molecule has 1 aromatic carbocycles. The second-order valence-corrected chi connectivity index (χ2v) is 5.01. The summed E-state index contributed by atoms with van der Waals surface area (Å²) < 4.78 is 5.10. The molecule has 0 bridgehead atoms. The van der Waals surface area contributed by atoms with Crippen molar-refractivity contribution in [3.05, 3.63) is 52.7 Å². The third kappa shape index (κ3) is 3.64. The van der Waals surface area contributed by atoms with Crippen molar-refractivity contribution < 1.29 is 9.53 Å². The minimum Gasteiger partial charge on any atom is -0.497 e. The van der Waals surface area contributed by atoms with E-state index in [4.69, 9.17) is 22.1 Å². The second-order valence-electron chi connectivity index (χ2n) is 4.60. The zero-order valence-electron chi connectivity index (χ0n) is 11.8. The first-order valence-corrected chi connectivity index (χ1v) is 6.68. The van der Waals surface area contributed by atoms with Crippen molar-refractivity contribution in [1.29, 1.82) is 0 Å². The molecule has 0 radical (unpaired) electrons. The Labute approximate surface area is 128 Å². The van der Waals surface area contributed by atoms with Crippen LogP contribution in [-0.4, -0.2) is 29.9 Å². The van der Waals surface area contributed by atoms with E-state index in [1.807, 2.05) is 24.3 Å². The molecule has 0 spiro atoms. The number of hydrogen-bond donors (Lipinski definition) is 1. The minimum atomic E-state index is -0.204. The number of rotatable bonds is 4. The smallest absolute Gasteiger partial charge is 0.255 e. The summed E-state index contributed by atoms with van der Waals surface area (Å²) in [5.41, 5.74) is 6.93. The number of hydrogen-bond acceptors (Lipinski definition) is 4. The van der Waals surface area contributed by atoms with Gasteiger partial charge in [-0.3, -0.25) is 4.79 Å². The number of ether oxygens (including phenoxy) is 1. The number of carbonyl (C=O) groups excluding carboxylic acids is 1. The fraction of sp³-hybridized carbons (Fsp3) is 0.200. The van der Waals surface area contributed by atoms with Crippen molar-refractivity contribution in [2.24, 2.45) is 0 Å². The summed E-state index contributed by atoms with van der Waals surface area (Å²) in [6.07, 6.45) is 1.38. The Morgan fingerprint density at radius 1 is 1.38 bits per heavy atom. The average molecular weight is 306 g/mol. The molecule has 1 heterocycles. The van der Waals surface area contributed by atoms with E-state index in [1.165, 1.54) is 12.3 Å². The topological polar surface area (TPSA) is 68.5 Å². The number of aromatic nitrogens is 1. The first-order valence-electron chi connectivity index (χ1n) is 6.30. The van der Waals surface area contributed by atoms with Crippen molar-refractivity contribution in [3.63, 3.8) is 0 Å². The van der Waals surface area contributed by atoms with Crippen molar-refractivity contribution >= 4 is 23.3 Å². The summed E-state index contributed by atoms with van der Waals surface area (Å²) in [5, 5.41) is 0.288. The molecule has 110 valence electrons. The highest BCUT2D eigenvalue weighted by molar-refractivity contribution is 6.33. The number of benzene rings is 1. The number of nitrogen functional groups attached to an aromatic ring is 1. The van der Waals surface area contributed by atoms with Crippen LogP contribution in [0.5, 0.6) is 5.75 Å². The van der Waals surface area contributed by atoms with Gasteiger partial charge in [-0.25, -0.2) is 4.98 Å². The van der Waals surface area contributed by atoms with Gasteiger partial charge in [0.1, 0.15) is 11.6 Å². The van der Waals surface area contributed by atoms with E-state index in [0.717, 1.165) is 11.3 Å². The largest absolute Gasteiger partial charge is 0.497 e. The van der Waals surface area contributed by atoms with Gasteiger partial charge in [0, 0.05) is 19.8 Å². The van der Waals surface area contributed by atoms with E-state index in [9.17, 15) is 4.79 Å². The van der Waals surface area contributed by atoms with Crippen molar-refractivity contribution in [3.8, 4) is 5.75 Å². The molecule has 0 aliphatic heterocycles. The van der Waals surface area contributed by atoms with E-state index in [1.54, 1.807) is 19.1 Å². The molecular formula is C15H16ClN3O2. The van der Waals surface area contributed by atoms with Gasteiger partial charge >= 0.3 is 0 Å². The maximum absolute atomic E-state index is 12.4. The number of carbonyl (C=O) groups is 1. The Hall–Kier alpha value is -2.27. The van der Waals surface area contributed by atoms with Crippen LogP contribution in [0.3, 0.4) is 0 Å². The summed E-state index contributed by atoms with van der Waals surface area (Å²) in [4.78, 5) is 17.8. The van der Waals surface area contributed by atoms with Crippen LogP contribution < -0.4 is 10.5 Å². The normalized spacial score (nSPS) is 10.2. The molecule has 2 rings (SSSR count). The van der Waals surface area contributed by atoms with Crippen LogP contribution in [0.4, 0.5) is 5.82 Å². The van der Waals surface area contributed by atoms with Gasteiger partial charge in [-0.1, -0.05) is 23.7 Å². The summed E-state index contributed by atoms with van der Waals surface area (Å²) in [6, 6.07) is 9.00. The van der Waals surface area contributed by atoms with Gasteiger partial charge in [-0.15, -0.1) is 0 Å². The molecule has 0 fully saturated rings. The van der Waals surface area contributed by atoms with Crippen molar-refractivity contribution in [1.82, 2.24) is 9.88 Å². The van der Waals surface area contributed by atoms with Crippen LogP contribution in [0, 0.1) is 0 Å². The molecule has 0 saturated heterocycles. The number of pyridine rings is 1. The Kier molecular flexibility index (Phi) is 4.65. The lowest BCUT2D eigenvalue weighted by Gasteiger charge is -2.18. The van der Waals surface area contributed by atoms with Crippen LogP contribution in [0.2, 0.25) is 5.02 Å². The van der Waals surface area contributed by atoms with Gasteiger partial charge in [-0.2, -0.15) is 0 Å².